The summed E-state index contributed by atoms with van der Waals surface area (Å²) in [6.07, 6.45) is 1.17. The maximum absolute atomic E-state index is 13.1. The van der Waals surface area contributed by atoms with Crippen molar-refractivity contribution in [1.29, 1.82) is 0 Å². The minimum atomic E-state index is -0.814. The Balaban J connectivity index is 1.79. The Labute approximate surface area is 150 Å². The Kier molecular flexibility index (Phi) is 5.43. The highest BCUT2D eigenvalue weighted by Crippen LogP contribution is 2.23. The van der Waals surface area contributed by atoms with Crippen LogP contribution < -0.4 is 5.32 Å². The monoisotopic (exact) mass is 353 g/mol. The second-order valence-corrected chi connectivity index (χ2v) is 6.01. The molecular weight excluding hydrogens is 333 g/mol. The zero-order valence-electron chi connectivity index (χ0n) is 14.3. The zero-order valence-corrected chi connectivity index (χ0v) is 14.3. The fourth-order valence-corrected chi connectivity index (χ4v) is 2.83. The number of aromatic amines is 1. The highest BCUT2D eigenvalue weighted by atomic mass is 19.1. The number of H-pyrrole nitrogens is 1. The summed E-state index contributed by atoms with van der Waals surface area (Å²) in [4.78, 5) is 12.7. The third-order valence-corrected chi connectivity index (χ3v) is 4.30. The lowest BCUT2D eigenvalue weighted by molar-refractivity contribution is 0.0827. The molecule has 3 aromatic rings. The van der Waals surface area contributed by atoms with Crippen LogP contribution in [-0.4, -0.2) is 27.3 Å². The number of nitrogens with one attached hydrogen (secondary N) is 2. The van der Waals surface area contributed by atoms with Gasteiger partial charge in [0.15, 0.2) is 0 Å². The molecular formula is C20H20FN3O2. The number of benzene rings is 2. The molecule has 3 rings (SSSR count). The number of rotatable bonds is 6. The number of amides is 1. The molecule has 0 radical (unpaired) electrons. The smallest absolute Gasteiger partial charge is 0.255 e. The van der Waals surface area contributed by atoms with E-state index in [0.717, 1.165) is 5.56 Å². The van der Waals surface area contributed by atoms with Crippen molar-refractivity contribution >= 4 is 5.91 Å². The van der Waals surface area contributed by atoms with E-state index in [1.807, 2.05) is 37.3 Å². The standard InChI is InChI=1S/C20H20FN3O2/c1-2-17(19(25)14-6-4-3-5-7-14)23-20(26)16-12-22-24-18(16)13-8-10-15(21)11-9-13/h3-12,17,19,25H,2H2,1H3,(H,22,24)(H,23,26). The predicted molar refractivity (Wildman–Crippen MR) is 96.9 cm³/mol. The Morgan fingerprint density at radius 2 is 1.88 bits per heavy atom. The fraction of sp³-hybridized carbons (Fsp3) is 0.200. The van der Waals surface area contributed by atoms with Crippen LogP contribution in [0.15, 0.2) is 60.8 Å². The van der Waals surface area contributed by atoms with Gasteiger partial charge in [0.05, 0.1) is 29.6 Å². The molecule has 1 aromatic heterocycles. The summed E-state index contributed by atoms with van der Waals surface area (Å²) in [5.41, 5.74) is 2.25. The second kappa shape index (κ2) is 7.93. The number of carbonyl (C=O) groups excluding carboxylic acids is 1. The molecule has 2 atom stereocenters. The molecule has 0 aliphatic heterocycles. The van der Waals surface area contributed by atoms with Crippen LogP contribution in [0.25, 0.3) is 11.3 Å². The average molecular weight is 353 g/mol. The van der Waals surface area contributed by atoms with Crippen LogP contribution >= 0.6 is 0 Å². The fourth-order valence-electron chi connectivity index (χ4n) is 2.83. The van der Waals surface area contributed by atoms with E-state index in [-0.39, 0.29) is 11.7 Å². The van der Waals surface area contributed by atoms with Crippen molar-refractivity contribution in [3.8, 4) is 11.3 Å². The minimum Gasteiger partial charge on any atom is -0.386 e. The highest BCUT2D eigenvalue weighted by Gasteiger charge is 2.24. The van der Waals surface area contributed by atoms with Gasteiger partial charge in [-0.3, -0.25) is 9.89 Å². The van der Waals surface area contributed by atoms with Gasteiger partial charge in [-0.15, -0.1) is 0 Å². The normalized spacial score (nSPS) is 13.2. The lowest BCUT2D eigenvalue weighted by atomic mass is 9.99. The Hall–Kier alpha value is -2.99. The number of halogens is 1. The number of aliphatic hydroxyl groups excluding tert-OH is 1. The molecule has 1 amide bonds. The summed E-state index contributed by atoms with van der Waals surface area (Å²) in [6, 6.07) is 14.6. The molecule has 26 heavy (non-hydrogen) atoms. The summed E-state index contributed by atoms with van der Waals surface area (Å²) in [7, 11) is 0. The summed E-state index contributed by atoms with van der Waals surface area (Å²) in [5, 5.41) is 20.1. The van der Waals surface area contributed by atoms with Gasteiger partial charge in [0, 0.05) is 5.56 Å². The van der Waals surface area contributed by atoms with Crippen molar-refractivity contribution in [3.63, 3.8) is 0 Å². The van der Waals surface area contributed by atoms with E-state index in [1.54, 1.807) is 12.1 Å². The van der Waals surface area contributed by atoms with E-state index in [1.165, 1.54) is 18.3 Å². The van der Waals surface area contributed by atoms with Gasteiger partial charge in [0.25, 0.3) is 5.91 Å². The molecule has 6 heteroatoms. The van der Waals surface area contributed by atoms with Gasteiger partial charge >= 0.3 is 0 Å². The first-order chi connectivity index (χ1) is 12.6. The number of aromatic nitrogens is 2. The van der Waals surface area contributed by atoms with Gasteiger partial charge in [0.2, 0.25) is 0 Å². The average Bonchev–Trinajstić information content (AvgIpc) is 3.16. The molecule has 0 bridgehead atoms. The Morgan fingerprint density at radius 1 is 1.19 bits per heavy atom. The van der Waals surface area contributed by atoms with Crippen LogP contribution in [0.3, 0.4) is 0 Å². The topological polar surface area (TPSA) is 78.0 Å². The molecule has 2 aromatic carbocycles. The molecule has 0 saturated carbocycles. The molecule has 5 nitrogen and oxygen atoms in total. The molecule has 0 aliphatic carbocycles. The molecule has 0 spiro atoms. The summed E-state index contributed by atoms with van der Waals surface area (Å²) in [6.45, 7) is 1.90. The van der Waals surface area contributed by atoms with Gasteiger partial charge in [-0.25, -0.2) is 4.39 Å². The predicted octanol–water partition coefficient (Wildman–Crippen LogP) is 3.46. The Morgan fingerprint density at radius 3 is 2.54 bits per heavy atom. The molecule has 134 valence electrons. The molecule has 0 saturated heterocycles. The lowest BCUT2D eigenvalue weighted by Gasteiger charge is -2.23. The van der Waals surface area contributed by atoms with Gasteiger partial charge < -0.3 is 10.4 Å². The van der Waals surface area contributed by atoms with Crippen molar-refractivity contribution in [1.82, 2.24) is 15.5 Å². The van der Waals surface area contributed by atoms with Gasteiger partial charge in [-0.05, 0) is 36.2 Å². The van der Waals surface area contributed by atoms with Crippen LogP contribution in [0, 0.1) is 5.82 Å². The van der Waals surface area contributed by atoms with Gasteiger partial charge in [-0.2, -0.15) is 5.10 Å². The van der Waals surface area contributed by atoms with Crippen molar-refractivity contribution in [2.24, 2.45) is 0 Å². The molecule has 1 heterocycles. The highest BCUT2D eigenvalue weighted by molar-refractivity contribution is 5.99. The van der Waals surface area contributed by atoms with E-state index in [0.29, 0.717) is 23.2 Å². The first-order valence-electron chi connectivity index (χ1n) is 8.43. The number of hydrogen-bond donors (Lipinski definition) is 3. The van der Waals surface area contributed by atoms with Crippen molar-refractivity contribution in [2.75, 3.05) is 0 Å². The van der Waals surface area contributed by atoms with Crippen LogP contribution in [0.5, 0.6) is 0 Å². The third-order valence-electron chi connectivity index (χ3n) is 4.30. The van der Waals surface area contributed by atoms with Crippen LogP contribution in [0.1, 0.15) is 35.4 Å². The number of hydrogen-bond acceptors (Lipinski definition) is 3. The number of aliphatic hydroxyl groups is 1. The van der Waals surface area contributed by atoms with E-state index >= 15 is 0 Å². The summed E-state index contributed by atoms with van der Waals surface area (Å²) in [5.74, 6) is -0.698. The molecule has 0 aliphatic rings. The lowest BCUT2D eigenvalue weighted by Crippen LogP contribution is -2.39. The SMILES string of the molecule is CCC(NC(=O)c1cn[nH]c1-c1ccc(F)cc1)C(O)c1ccccc1. The van der Waals surface area contributed by atoms with E-state index in [4.69, 9.17) is 0 Å². The quantitative estimate of drug-likeness (QED) is 0.635. The van der Waals surface area contributed by atoms with E-state index < -0.39 is 12.1 Å². The molecule has 0 fully saturated rings. The minimum absolute atomic E-state index is 0.343. The van der Waals surface area contributed by atoms with Crippen LogP contribution in [-0.2, 0) is 0 Å². The molecule has 2 unspecified atom stereocenters. The van der Waals surface area contributed by atoms with Gasteiger partial charge in [0.1, 0.15) is 5.82 Å². The van der Waals surface area contributed by atoms with Gasteiger partial charge in [-0.1, -0.05) is 37.3 Å². The van der Waals surface area contributed by atoms with Crippen molar-refractivity contribution < 1.29 is 14.3 Å². The number of carbonyl (C=O) groups is 1. The van der Waals surface area contributed by atoms with Crippen molar-refractivity contribution in [3.05, 3.63) is 77.7 Å². The van der Waals surface area contributed by atoms with Crippen LogP contribution in [0.2, 0.25) is 0 Å². The first kappa shape index (κ1) is 17.8. The maximum atomic E-state index is 13.1. The van der Waals surface area contributed by atoms with E-state index in [9.17, 15) is 14.3 Å². The van der Waals surface area contributed by atoms with E-state index in [2.05, 4.69) is 15.5 Å². The number of nitrogens with zero attached hydrogens (tertiary/aromatic N) is 1. The first-order valence-corrected chi connectivity index (χ1v) is 8.43. The summed E-state index contributed by atoms with van der Waals surface area (Å²) < 4.78 is 13.1. The third kappa shape index (κ3) is 3.81. The Bertz CT molecular complexity index is 862. The molecule has 3 N–H and O–H groups in total. The van der Waals surface area contributed by atoms with Crippen molar-refractivity contribution in [2.45, 2.75) is 25.5 Å². The second-order valence-electron chi connectivity index (χ2n) is 6.01. The summed E-state index contributed by atoms with van der Waals surface area (Å²) >= 11 is 0. The largest absolute Gasteiger partial charge is 0.386 e. The zero-order chi connectivity index (χ0) is 18.5. The maximum Gasteiger partial charge on any atom is 0.255 e. The van der Waals surface area contributed by atoms with Crippen LogP contribution in [0.4, 0.5) is 4.39 Å².